The average molecular weight is 225 g/mol. The van der Waals surface area contributed by atoms with Crippen LogP contribution in [0.3, 0.4) is 0 Å². The van der Waals surface area contributed by atoms with Crippen LogP contribution in [0.2, 0.25) is 0 Å². The number of hydrogen-bond acceptors (Lipinski definition) is 2. The molecule has 1 saturated carbocycles. The van der Waals surface area contributed by atoms with Crippen LogP contribution in [-0.2, 0) is 9.59 Å². The number of aliphatic carboxylic acids is 1. The lowest BCUT2D eigenvalue weighted by Crippen LogP contribution is -2.47. The minimum absolute atomic E-state index is 0.158. The molecule has 0 heterocycles. The summed E-state index contributed by atoms with van der Waals surface area (Å²) in [5, 5.41) is 11.8. The van der Waals surface area contributed by atoms with Crippen LogP contribution in [0.15, 0.2) is 11.6 Å². The van der Waals surface area contributed by atoms with Crippen LogP contribution in [0.4, 0.5) is 0 Å². The van der Waals surface area contributed by atoms with E-state index in [4.69, 9.17) is 5.11 Å². The fourth-order valence-corrected chi connectivity index (χ4v) is 1.86. The van der Waals surface area contributed by atoms with Crippen LogP contribution >= 0.6 is 0 Å². The van der Waals surface area contributed by atoms with Gasteiger partial charge in [-0.1, -0.05) is 19.4 Å². The number of carbonyl (C=O) groups is 2. The van der Waals surface area contributed by atoms with E-state index in [-0.39, 0.29) is 12.5 Å². The highest BCUT2D eigenvalue weighted by Crippen LogP contribution is 2.40. The normalized spacial score (nSPS) is 18.8. The highest BCUT2D eigenvalue weighted by molar-refractivity contribution is 5.93. The molecule has 1 fully saturated rings. The predicted molar refractivity (Wildman–Crippen MR) is 61.0 cm³/mol. The quantitative estimate of drug-likeness (QED) is 0.700. The third kappa shape index (κ3) is 2.62. The van der Waals surface area contributed by atoms with Gasteiger partial charge < -0.3 is 10.4 Å². The molecule has 4 nitrogen and oxygen atoms in total. The minimum atomic E-state index is -0.795. The molecule has 0 aromatic carbocycles. The molecule has 0 unspecified atom stereocenters. The van der Waals surface area contributed by atoms with Crippen molar-refractivity contribution in [1.82, 2.24) is 5.32 Å². The highest BCUT2D eigenvalue weighted by atomic mass is 16.4. The van der Waals surface area contributed by atoms with Crippen LogP contribution in [0, 0.1) is 5.41 Å². The number of carboxylic acid groups (broad SMARTS) is 1. The summed E-state index contributed by atoms with van der Waals surface area (Å²) in [7, 11) is 0. The zero-order chi connectivity index (χ0) is 12.2. The van der Waals surface area contributed by atoms with E-state index in [0.29, 0.717) is 18.4 Å². The Morgan fingerprint density at radius 1 is 1.44 bits per heavy atom. The summed E-state index contributed by atoms with van der Waals surface area (Å²) < 4.78 is 0. The number of carbonyl (C=O) groups excluding carboxylic acids is 1. The van der Waals surface area contributed by atoms with Crippen molar-refractivity contribution in [2.45, 2.75) is 39.5 Å². The Balaban J connectivity index is 2.48. The van der Waals surface area contributed by atoms with Crippen molar-refractivity contribution < 1.29 is 14.7 Å². The molecule has 1 aliphatic carbocycles. The number of amides is 1. The number of nitrogens with one attached hydrogen (secondary N) is 1. The second kappa shape index (κ2) is 5.14. The van der Waals surface area contributed by atoms with Gasteiger partial charge in [-0.25, -0.2) is 0 Å². The molecular formula is C12H19NO3. The first-order valence-corrected chi connectivity index (χ1v) is 5.70. The van der Waals surface area contributed by atoms with Gasteiger partial charge in [0.25, 0.3) is 0 Å². The van der Waals surface area contributed by atoms with Crippen molar-refractivity contribution in [2.24, 2.45) is 5.41 Å². The molecule has 2 N–H and O–H groups in total. The molecule has 0 saturated heterocycles. The highest BCUT2D eigenvalue weighted by Gasteiger charge is 2.44. The van der Waals surface area contributed by atoms with Gasteiger partial charge in [-0.3, -0.25) is 9.59 Å². The molecule has 0 aliphatic heterocycles. The second-order valence-corrected chi connectivity index (χ2v) is 4.42. The summed E-state index contributed by atoms with van der Waals surface area (Å²) in [4.78, 5) is 22.6. The Morgan fingerprint density at radius 3 is 2.44 bits per heavy atom. The lowest BCUT2D eigenvalue weighted by molar-refractivity contribution is -0.154. The molecule has 0 aromatic heterocycles. The molecule has 0 radical (unpaired) electrons. The van der Waals surface area contributed by atoms with Gasteiger partial charge in [-0.2, -0.15) is 0 Å². The number of hydrogen-bond donors (Lipinski definition) is 2. The Hall–Kier alpha value is -1.32. The molecule has 90 valence electrons. The van der Waals surface area contributed by atoms with E-state index in [9.17, 15) is 9.59 Å². The molecule has 16 heavy (non-hydrogen) atoms. The fourth-order valence-electron chi connectivity index (χ4n) is 1.86. The van der Waals surface area contributed by atoms with Gasteiger partial charge in [-0.05, 0) is 26.2 Å². The monoisotopic (exact) mass is 225 g/mol. The van der Waals surface area contributed by atoms with E-state index in [1.807, 2.05) is 13.0 Å². The summed E-state index contributed by atoms with van der Waals surface area (Å²) in [5.41, 5.74) is -0.0512. The molecule has 1 amide bonds. The fraction of sp³-hybridized carbons (Fsp3) is 0.667. The molecular weight excluding hydrogens is 206 g/mol. The van der Waals surface area contributed by atoms with E-state index in [1.165, 1.54) is 0 Å². The zero-order valence-corrected chi connectivity index (χ0v) is 9.88. The Morgan fingerprint density at radius 2 is 2.06 bits per heavy atom. The van der Waals surface area contributed by atoms with Crippen LogP contribution < -0.4 is 5.32 Å². The lowest BCUT2D eigenvalue weighted by atomic mass is 9.69. The molecule has 1 rings (SSSR count). The molecule has 1 aliphatic rings. The van der Waals surface area contributed by atoms with Crippen molar-refractivity contribution in [1.29, 1.82) is 0 Å². The summed E-state index contributed by atoms with van der Waals surface area (Å²) in [6.45, 7) is 3.95. The van der Waals surface area contributed by atoms with Gasteiger partial charge in [0.1, 0.15) is 0 Å². The maximum atomic E-state index is 11.6. The van der Waals surface area contributed by atoms with E-state index >= 15 is 0 Å². The van der Waals surface area contributed by atoms with Crippen LogP contribution in [0.25, 0.3) is 0 Å². The van der Waals surface area contributed by atoms with Crippen LogP contribution in [0.1, 0.15) is 39.5 Å². The number of allylic oxidation sites excluding steroid dienone is 1. The maximum Gasteiger partial charge on any atom is 0.311 e. The Labute approximate surface area is 95.7 Å². The summed E-state index contributed by atoms with van der Waals surface area (Å²) in [6, 6.07) is 0. The van der Waals surface area contributed by atoms with E-state index in [1.54, 1.807) is 6.92 Å². The minimum Gasteiger partial charge on any atom is -0.481 e. The van der Waals surface area contributed by atoms with Gasteiger partial charge in [0.2, 0.25) is 5.91 Å². The van der Waals surface area contributed by atoms with Gasteiger partial charge in [-0.15, -0.1) is 0 Å². The largest absolute Gasteiger partial charge is 0.481 e. The van der Waals surface area contributed by atoms with Gasteiger partial charge in [0.15, 0.2) is 0 Å². The van der Waals surface area contributed by atoms with E-state index in [0.717, 1.165) is 12.8 Å². The molecule has 4 heteroatoms. The summed E-state index contributed by atoms with van der Waals surface area (Å²) in [6.07, 6.45) is 4.91. The van der Waals surface area contributed by atoms with Gasteiger partial charge in [0, 0.05) is 12.1 Å². The Kier molecular flexibility index (Phi) is 4.10. The van der Waals surface area contributed by atoms with Gasteiger partial charge in [0.05, 0.1) is 5.41 Å². The lowest BCUT2D eigenvalue weighted by Gasteiger charge is -2.37. The van der Waals surface area contributed by atoms with Crippen molar-refractivity contribution in [2.75, 3.05) is 6.54 Å². The molecule has 0 spiro atoms. The topological polar surface area (TPSA) is 66.4 Å². The maximum absolute atomic E-state index is 11.6. The molecule has 0 atom stereocenters. The molecule has 0 aromatic rings. The average Bonchev–Trinajstić information content (AvgIpc) is 2.15. The summed E-state index contributed by atoms with van der Waals surface area (Å²) >= 11 is 0. The first kappa shape index (κ1) is 12.7. The van der Waals surface area contributed by atoms with Crippen molar-refractivity contribution >= 4 is 11.9 Å². The van der Waals surface area contributed by atoms with Gasteiger partial charge >= 0.3 is 5.97 Å². The van der Waals surface area contributed by atoms with Crippen LogP contribution in [0.5, 0.6) is 0 Å². The third-order valence-corrected chi connectivity index (χ3v) is 3.22. The predicted octanol–water partition coefficient (Wildman–Crippen LogP) is 1.71. The van der Waals surface area contributed by atoms with E-state index in [2.05, 4.69) is 5.32 Å². The second-order valence-electron chi connectivity index (χ2n) is 4.42. The first-order valence-electron chi connectivity index (χ1n) is 5.70. The third-order valence-electron chi connectivity index (χ3n) is 3.22. The SMILES string of the molecule is CC/C=C(/C)C(=O)NCC1(C(=O)O)CCC1. The standard InChI is InChI=1S/C12H19NO3/c1-3-5-9(2)10(14)13-8-12(11(15)16)6-4-7-12/h5H,3-4,6-8H2,1-2H3,(H,13,14)(H,15,16)/b9-5-. The Bertz CT molecular complexity index is 316. The first-order chi connectivity index (χ1) is 7.52. The number of rotatable bonds is 5. The van der Waals surface area contributed by atoms with Crippen molar-refractivity contribution in [3.63, 3.8) is 0 Å². The van der Waals surface area contributed by atoms with Crippen molar-refractivity contribution in [3.05, 3.63) is 11.6 Å². The zero-order valence-electron chi connectivity index (χ0n) is 9.88. The molecule has 0 bridgehead atoms. The van der Waals surface area contributed by atoms with Crippen LogP contribution in [-0.4, -0.2) is 23.5 Å². The smallest absolute Gasteiger partial charge is 0.311 e. The van der Waals surface area contributed by atoms with Crippen molar-refractivity contribution in [3.8, 4) is 0 Å². The summed E-state index contributed by atoms with van der Waals surface area (Å²) in [5.74, 6) is -0.953. The number of carboxylic acids is 1. The van der Waals surface area contributed by atoms with E-state index < -0.39 is 11.4 Å².